The molecular formula is C19H25N3O3. The summed E-state index contributed by atoms with van der Waals surface area (Å²) in [6, 6.07) is 6.85. The van der Waals surface area contributed by atoms with Gasteiger partial charge in [-0.3, -0.25) is 4.79 Å². The molecule has 2 aliphatic rings. The molecule has 1 fully saturated rings. The van der Waals surface area contributed by atoms with Gasteiger partial charge in [0, 0.05) is 24.6 Å². The van der Waals surface area contributed by atoms with Gasteiger partial charge in [0.05, 0.1) is 17.7 Å². The van der Waals surface area contributed by atoms with Gasteiger partial charge in [-0.15, -0.1) is 0 Å². The lowest BCUT2D eigenvalue weighted by Crippen LogP contribution is -2.56. The highest BCUT2D eigenvalue weighted by atomic mass is 16.5. The summed E-state index contributed by atoms with van der Waals surface area (Å²) >= 11 is 0. The van der Waals surface area contributed by atoms with E-state index in [0.717, 1.165) is 13.0 Å². The fourth-order valence-corrected chi connectivity index (χ4v) is 3.88. The van der Waals surface area contributed by atoms with Gasteiger partial charge in [-0.05, 0) is 52.6 Å². The lowest BCUT2D eigenvalue weighted by molar-refractivity contribution is -0.143. The highest BCUT2D eigenvalue weighted by molar-refractivity contribution is 5.79. The van der Waals surface area contributed by atoms with Crippen LogP contribution in [0.1, 0.15) is 43.9 Å². The van der Waals surface area contributed by atoms with Crippen LogP contribution in [0.3, 0.4) is 0 Å². The summed E-state index contributed by atoms with van der Waals surface area (Å²) in [5, 5.41) is 20.3. The predicted octanol–water partition coefficient (Wildman–Crippen LogP) is 1.68. The standard InChI is InChI=1S/C19H25N3O3/c1-19(2)18(24)17(14-9-12(10-20)5-7-15(14)25-19)22-13(11-21(3)4)6-8-16(22)23/h5,7,9,13,17-18,24H,6,8,11H2,1-4H3/t13-,17+,18-/m0/s1. The monoisotopic (exact) mass is 343 g/mol. The number of nitrogens with zero attached hydrogens (tertiary/aromatic N) is 3. The van der Waals surface area contributed by atoms with Gasteiger partial charge in [0.15, 0.2) is 0 Å². The average molecular weight is 343 g/mol. The summed E-state index contributed by atoms with van der Waals surface area (Å²) in [4.78, 5) is 16.5. The zero-order valence-electron chi connectivity index (χ0n) is 15.2. The Hall–Kier alpha value is -2.10. The molecule has 1 aromatic carbocycles. The second-order valence-electron chi connectivity index (χ2n) is 7.72. The Morgan fingerprint density at radius 3 is 2.80 bits per heavy atom. The Morgan fingerprint density at radius 1 is 1.44 bits per heavy atom. The number of likely N-dealkylation sites (tertiary alicyclic amines) is 1. The number of carbonyl (C=O) groups excluding carboxylic acids is 1. The van der Waals surface area contributed by atoms with Crippen LogP contribution in [0.2, 0.25) is 0 Å². The van der Waals surface area contributed by atoms with Gasteiger partial charge in [0.1, 0.15) is 17.5 Å². The number of aliphatic hydroxyl groups is 1. The minimum absolute atomic E-state index is 0.0367. The van der Waals surface area contributed by atoms with Crippen LogP contribution in [0.4, 0.5) is 0 Å². The summed E-state index contributed by atoms with van der Waals surface area (Å²) in [5.74, 6) is 0.671. The maximum absolute atomic E-state index is 12.7. The number of fused-ring (bicyclic) bond motifs is 1. The SMILES string of the molecule is CN(C)C[C@@H]1CCC(=O)N1[C@@H]1c2cc(C#N)ccc2OC(C)(C)[C@H]1O. The van der Waals surface area contributed by atoms with Crippen molar-refractivity contribution in [1.29, 1.82) is 5.26 Å². The van der Waals surface area contributed by atoms with Gasteiger partial charge in [0.2, 0.25) is 5.91 Å². The minimum Gasteiger partial charge on any atom is -0.485 e. The van der Waals surface area contributed by atoms with Gasteiger partial charge in [0.25, 0.3) is 0 Å². The predicted molar refractivity (Wildman–Crippen MR) is 93.0 cm³/mol. The van der Waals surface area contributed by atoms with Gasteiger partial charge in [-0.2, -0.15) is 5.26 Å². The number of rotatable bonds is 3. The summed E-state index contributed by atoms with van der Waals surface area (Å²) in [6.45, 7) is 4.39. The Morgan fingerprint density at radius 2 is 2.16 bits per heavy atom. The molecule has 0 unspecified atom stereocenters. The molecule has 3 atom stereocenters. The van der Waals surface area contributed by atoms with Crippen molar-refractivity contribution >= 4 is 5.91 Å². The quantitative estimate of drug-likeness (QED) is 0.904. The number of carbonyl (C=O) groups is 1. The first-order valence-corrected chi connectivity index (χ1v) is 8.61. The Bertz CT molecular complexity index is 723. The van der Waals surface area contributed by atoms with Crippen LogP contribution in [-0.2, 0) is 4.79 Å². The van der Waals surface area contributed by atoms with E-state index in [1.807, 2.05) is 32.8 Å². The van der Waals surface area contributed by atoms with Crippen LogP contribution < -0.4 is 4.74 Å². The van der Waals surface area contributed by atoms with Gasteiger partial charge in [-0.25, -0.2) is 0 Å². The number of likely N-dealkylation sites (N-methyl/N-ethyl adjacent to an activating group) is 1. The number of ether oxygens (including phenoxy) is 1. The summed E-state index contributed by atoms with van der Waals surface area (Å²) in [7, 11) is 3.96. The topological polar surface area (TPSA) is 76.8 Å². The van der Waals surface area contributed by atoms with Crippen molar-refractivity contribution in [3.05, 3.63) is 29.3 Å². The lowest BCUT2D eigenvalue weighted by Gasteiger charge is -2.47. The first-order valence-electron chi connectivity index (χ1n) is 8.61. The van der Waals surface area contributed by atoms with E-state index in [-0.39, 0.29) is 11.9 Å². The van der Waals surface area contributed by atoms with E-state index in [0.29, 0.717) is 23.3 Å². The second-order valence-corrected chi connectivity index (χ2v) is 7.72. The lowest BCUT2D eigenvalue weighted by atomic mass is 9.84. The molecule has 2 aliphatic heterocycles. The van der Waals surface area contributed by atoms with Gasteiger partial charge >= 0.3 is 0 Å². The zero-order chi connectivity index (χ0) is 18.4. The fourth-order valence-electron chi connectivity index (χ4n) is 3.88. The fraction of sp³-hybridized carbons (Fsp3) is 0.579. The van der Waals surface area contributed by atoms with Crippen molar-refractivity contribution in [3.63, 3.8) is 0 Å². The molecule has 134 valence electrons. The molecule has 0 bridgehead atoms. The van der Waals surface area contributed by atoms with E-state index in [1.54, 1.807) is 18.2 Å². The van der Waals surface area contributed by atoms with Crippen LogP contribution in [0.15, 0.2) is 18.2 Å². The van der Waals surface area contributed by atoms with E-state index < -0.39 is 17.7 Å². The van der Waals surface area contributed by atoms with Gasteiger partial charge in [-0.1, -0.05) is 0 Å². The minimum atomic E-state index is -0.874. The van der Waals surface area contributed by atoms with Crippen LogP contribution in [0.25, 0.3) is 0 Å². The van der Waals surface area contributed by atoms with Crippen LogP contribution in [0.5, 0.6) is 5.75 Å². The number of aliphatic hydroxyl groups excluding tert-OH is 1. The Kier molecular flexibility index (Phi) is 4.48. The second kappa shape index (κ2) is 6.32. The van der Waals surface area contributed by atoms with Crippen molar-refractivity contribution in [2.45, 2.75) is 50.5 Å². The molecule has 0 spiro atoms. The molecule has 3 rings (SSSR count). The van der Waals surface area contributed by atoms with E-state index in [2.05, 4.69) is 11.0 Å². The maximum Gasteiger partial charge on any atom is 0.223 e. The molecule has 2 heterocycles. The highest BCUT2D eigenvalue weighted by Crippen LogP contribution is 2.45. The summed E-state index contributed by atoms with van der Waals surface area (Å²) in [5.41, 5.74) is 0.386. The summed E-state index contributed by atoms with van der Waals surface area (Å²) < 4.78 is 5.96. The maximum atomic E-state index is 12.7. The number of amides is 1. The molecule has 6 nitrogen and oxygen atoms in total. The number of nitriles is 1. The molecule has 1 N–H and O–H groups in total. The Balaban J connectivity index is 2.09. The van der Waals surface area contributed by atoms with Crippen molar-refractivity contribution in [2.75, 3.05) is 20.6 Å². The van der Waals surface area contributed by atoms with Crippen molar-refractivity contribution in [1.82, 2.24) is 9.80 Å². The van der Waals surface area contributed by atoms with Crippen molar-refractivity contribution < 1.29 is 14.6 Å². The van der Waals surface area contributed by atoms with E-state index >= 15 is 0 Å². The molecule has 0 radical (unpaired) electrons. The number of hydrogen-bond donors (Lipinski definition) is 1. The molecule has 6 heteroatoms. The molecule has 1 saturated heterocycles. The van der Waals surface area contributed by atoms with E-state index in [1.165, 1.54) is 0 Å². The third-order valence-corrected chi connectivity index (χ3v) is 5.09. The largest absolute Gasteiger partial charge is 0.485 e. The molecule has 1 amide bonds. The Labute approximate surface area is 148 Å². The number of benzene rings is 1. The van der Waals surface area contributed by atoms with Crippen LogP contribution >= 0.6 is 0 Å². The molecular weight excluding hydrogens is 318 g/mol. The van der Waals surface area contributed by atoms with Crippen molar-refractivity contribution in [3.8, 4) is 11.8 Å². The zero-order valence-corrected chi connectivity index (χ0v) is 15.2. The van der Waals surface area contributed by atoms with E-state index in [9.17, 15) is 15.2 Å². The molecule has 25 heavy (non-hydrogen) atoms. The molecule has 0 aromatic heterocycles. The van der Waals surface area contributed by atoms with Crippen LogP contribution in [0, 0.1) is 11.3 Å². The first kappa shape index (κ1) is 17.7. The summed E-state index contributed by atoms with van der Waals surface area (Å²) in [6.07, 6.45) is 0.381. The molecule has 1 aromatic rings. The van der Waals surface area contributed by atoms with Gasteiger partial charge < -0.3 is 19.6 Å². The first-order chi connectivity index (χ1) is 11.7. The molecule has 0 aliphatic carbocycles. The van der Waals surface area contributed by atoms with Crippen LogP contribution in [-0.4, -0.2) is 59.2 Å². The van der Waals surface area contributed by atoms with Crippen molar-refractivity contribution in [2.24, 2.45) is 0 Å². The highest BCUT2D eigenvalue weighted by Gasteiger charge is 2.49. The normalized spacial score (nSPS) is 27.8. The van der Waals surface area contributed by atoms with E-state index in [4.69, 9.17) is 4.74 Å². The third-order valence-electron chi connectivity index (χ3n) is 5.09. The molecule has 0 saturated carbocycles. The smallest absolute Gasteiger partial charge is 0.223 e. The third kappa shape index (κ3) is 3.10. The number of hydrogen-bond acceptors (Lipinski definition) is 5. The average Bonchev–Trinajstić information content (AvgIpc) is 2.88.